The zero-order valence-corrected chi connectivity index (χ0v) is 9.13. The molecule has 15 heavy (non-hydrogen) atoms. The molecule has 1 aromatic rings. The summed E-state index contributed by atoms with van der Waals surface area (Å²) in [4.78, 5) is 15.6. The highest BCUT2D eigenvalue weighted by Gasteiger charge is 2.24. The van der Waals surface area contributed by atoms with Gasteiger partial charge in [0.1, 0.15) is 0 Å². The predicted octanol–water partition coefficient (Wildman–Crippen LogP) is 0.647. The van der Waals surface area contributed by atoms with E-state index in [9.17, 15) is 4.79 Å². The van der Waals surface area contributed by atoms with Crippen LogP contribution in [-0.4, -0.2) is 39.2 Å². The van der Waals surface area contributed by atoms with E-state index in [1.807, 2.05) is 0 Å². The van der Waals surface area contributed by atoms with Crippen molar-refractivity contribution in [2.45, 2.75) is 18.1 Å². The maximum atomic E-state index is 11.7. The molecule has 82 valence electrons. The first-order chi connectivity index (χ1) is 7.29. The van der Waals surface area contributed by atoms with E-state index in [4.69, 9.17) is 4.74 Å². The number of nitrogens with zero attached hydrogens (tertiary/aromatic N) is 2. The van der Waals surface area contributed by atoms with Crippen molar-refractivity contribution in [2.24, 2.45) is 0 Å². The van der Waals surface area contributed by atoms with Crippen LogP contribution in [0.3, 0.4) is 0 Å². The van der Waals surface area contributed by atoms with Gasteiger partial charge in [0, 0.05) is 0 Å². The number of aromatic nitrogens is 3. The van der Waals surface area contributed by atoms with Crippen molar-refractivity contribution in [1.82, 2.24) is 15.2 Å². The van der Waals surface area contributed by atoms with Gasteiger partial charge in [-0.2, -0.15) is 4.98 Å². The smallest absolute Gasteiger partial charge is 0.336 e. The second kappa shape index (κ2) is 4.52. The Hall–Kier alpha value is -1.24. The van der Waals surface area contributed by atoms with Crippen LogP contribution in [0.1, 0.15) is 12.8 Å². The van der Waals surface area contributed by atoms with E-state index in [0.717, 1.165) is 18.6 Å². The molecule has 0 saturated carbocycles. The Morgan fingerprint density at radius 2 is 2.60 bits per heavy atom. The molecule has 1 saturated heterocycles. The van der Waals surface area contributed by atoms with Crippen molar-refractivity contribution in [3.63, 3.8) is 0 Å². The summed E-state index contributed by atoms with van der Waals surface area (Å²) in [5, 5.41) is 9.03. The normalized spacial score (nSPS) is 20.2. The molecule has 6 nitrogen and oxygen atoms in total. The first-order valence-electron chi connectivity index (χ1n) is 4.68. The highest BCUT2D eigenvalue weighted by atomic mass is 32.2. The number of ether oxygens (including phenoxy) is 1. The number of carbonyl (C=O) groups excluding carboxylic acids is 1. The van der Waals surface area contributed by atoms with E-state index in [0.29, 0.717) is 5.95 Å². The second-order valence-corrected chi connectivity index (χ2v) is 4.47. The third-order valence-electron chi connectivity index (χ3n) is 2.11. The molecule has 1 atom stereocenters. The van der Waals surface area contributed by atoms with Gasteiger partial charge < -0.3 is 4.74 Å². The Bertz CT molecular complexity index is 348. The molecule has 7 heteroatoms. The Morgan fingerprint density at radius 3 is 3.20 bits per heavy atom. The van der Waals surface area contributed by atoms with Crippen LogP contribution in [0.5, 0.6) is 6.01 Å². The lowest BCUT2D eigenvalue weighted by molar-refractivity contribution is -0.115. The fourth-order valence-corrected chi connectivity index (χ4v) is 2.54. The number of H-pyrrole nitrogens is 1. The molecule has 1 aliphatic heterocycles. The van der Waals surface area contributed by atoms with Crippen molar-refractivity contribution >= 4 is 23.6 Å². The van der Waals surface area contributed by atoms with E-state index < -0.39 is 0 Å². The van der Waals surface area contributed by atoms with Crippen molar-refractivity contribution < 1.29 is 9.53 Å². The summed E-state index contributed by atoms with van der Waals surface area (Å²) in [6, 6.07) is 0.226. The molecule has 1 amide bonds. The van der Waals surface area contributed by atoms with Crippen LogP contribution in [0.2, 0.25) is 0 Å². The quantitative estimate of drug-likeness (QED) is 0.794. The van der Waals surface area contributed by atoms with Crippen molar-refractivity contribution in [1.29, 1.82) is 0 Å². The summed E-state index contributed by atoms with van der Waals surface area (Å²) in [5.74, 6) is 1.37. The van der Waals surface area contributed by atoms with Crippen LogP contribution in [0, 0.1) is 0 Å². The molecule has 0 bridgehead atoms. The summed E-state index contributed by atoms with van der Waals surface area (Å²) in [6.07, 6.45) is 2.03. The van der Waals surface area contributed by atoms with Crippen molar-refractivity contribution in [2.75, 3.05) is 18.2 Å². The highest BCUT2D eigenvalue weighted by Crippen LogP contribution is 2.26. The van der Waals surface area contributed by atoms with Gasteiger partial charge in [0.2, 0.25) is 11.9 Å². The topological polar surface area (TPSA) is 79.9 Å². The van der Waals surface area contributed by atoms with Crippen molar-refractivity contribution in [3.05, 3.63) is 0 Å². The van der Waals surface area contributed by atoms with Crippen LogP contribution in [0.4, 0.5) is 5.95 Å². The summed E-state index contributed by atoms with van der Waals surface area (Å²) >= 11 is 1.68. The van der Waals surface area contributed by atoms with E-state index in [1.165, 1.54) is 7.11 Å². The second-order valence-electron chi connectivity index (χ2n) is 3.16. The number of methoxy groups -OCH3 is 1. The van der Waals surface area contributed by atoms with Gasteiger partial charge in [0.05, 0.1) is 12.4 Å². The molecule has 2 heterocycles. The number of nitrogens with one attached hydrogen (secondary N) is 2. The van der Waals surface area contributed by atoms with Crippen LogP contribution < -0.4 is 10.1 Å². The summed E-state index contributed by atoms with van der Waals surface area (Å²) in [5.41, 5.74) is 0. The molecule has 1 unspecified atom stereocenters. The predicted molar refractivity (Wildman–Crippen MR) is 57.0 cm³/mol. The number of amides is 1. The minimum absolute atomic E-state index is 0.0173. The Balaban J connectivity index is 1.92. The Labute approximate surface area is 91.2 Å². The number of rotatable bonds is 3. The molecule has 2 rings (SSSR count). The number of carbonyl (C=O) groups is 1. The third kappa shape index (κ3) is 2.41. The summed E-state index contributed by atoms with van der Waals surface area (Å²) in [7, 11) is 1.47. The first-order valence-corrected chi connectivity index (χ1v) is 5.73. The molecule has 0 spiro atoms. The van der Waals surface area contributed by atoms with Gasteiger partial charge in [-0.3, -0.25) is 10.1 Å². The van der Waals surface area contributed by atoms with Gasteiger partial charge in [0.25, 0.3) is 0 Å². The minimum Gasteiger partial charge on any atom is -0.466 e. The molecule has 0 aromatic carbocycles. The average Bonchev–Trinajstić information content (AvgIpc) is 2.87. The molecule has 1 aliphatic rings. The van der Waals surface area contributed by atoms with Gasteiger partial charge in [-0.1, -0.05) is 0 Å². The summed E-state index contributed by atoms with van der Waals surface area (Å²) < 4.78 is 4.79. The van der Waals surface area contributed by atoms with Crippen molar-refractivity contribution in [3.8, 4) is 6.01 Å². The first kappa shape index (κ1) is 10.3. The van der Waals surface area contributed by atoms with Gasteiger partial charge in [-0.25, -0.2) is 5.10 Å². The Morgan fingerprint density at radius 1 is 1.73 bits per heavy atom. The van der Waals surface area contributed by atoms with Crippen LogP contribution >= 0.6 is 11.8 Å². The SMILES string of the molecule is COc1n[nH]c(NC(=O)C2CCCS2)n1. The molecule has 0 aliphatic carbocycles. The number of thioether (sulfide) groups is 1. The molecular formula is C8H12N4O2S. The third-order valence-corrected chi connectivity index (χ3v) is 3.49. The van der Waals surface area contributed by atoms with Crippen LogP contribution in [0.15, 0.2) is 0 Å². The van der Waals surface area contributed by atoms with E-state index in [-0.39, 0.29) is 17.2 Å². The molecule has 1 aromatic heterocycles. The maximum absolute atomic E-state index is 11.7. The molecular weight excluding hydrogens is 216 g/mol. The van der Waals surface area contributed by atoms with Crippen LogP contribution in [-0.2, 0) is 4.79 Å². The highest BCUT2D eigenvalue weighted by molar-refractivity contribution is 8.00. The van der Waals surface area contributed by atoms with Crippen LogP contribution in [0.25, 0.3) is 0 Å². The largest absolute Gasteiger partial charge is 0.466 e. The zero-order chi connectivity index (χ0) is 10.7. The van der Waals surface area contributed by atoms with E-state index in [1.54, 1.807) is 11.8 Å². The lowest BCUT2D eigenvalue weighted by Crippen LogP contribution is -2.23. The molecule has 1 fully saturated rings. The molecule has 0 radical (unpaired) electrons. The van der Waals surface area contributed by atoms with Gasteiger partial charge in [-0.15, -0.1) is 16.9 Å². The number of anilines is 1. The molecule has 2 N–H and O–H groups in total. The monoisotopic (exact) mass is 228 g/mol. The average molecular weight is 228 g/mol. The summed E-state index contributed by atoms with van der Waals surface area (Å²) in [6.45, 7) is 0. The van der Waals surface area contributed by atoms with E-state index in [2.05, 4.69) is 20.5 Å². The Kier molecular flexibility index (Phi) is 3.10. The van der Waals surface area contributed by atoms with Gasteiger partial charge in [0.15, 0.2) is 0 Å². The zero-order valence-electron chi connectivity index (χ0n) is 8.32. The minimum atomic E-state index is -0.0173. The van der Waals surface area contributed by atoms with Gasteiger partial charge >= 0.3 is 6.01 Å². The lowest BCUT2D eigenvalue weighted by Gasteiger charge is -2.06. The number of hydrogen-bond acceptors (Lipinski definition) is 5. The maximum Gasteiger partial charge on any atom is 0.336 e. The number of hydrogen-bond donors (Lipinski definition) is 2. The standard InChI is InChI=1S/C8H12N4O2S/c1-14-8-10-7(11-12-8)9-6(13)5-3-2-4-15-5/h5H,2-4H2,1H3,(H2,9,10,11,12,13). The lowest BCUT2D eigenvalue weighted by atomic mass is 10.2. The van der Waals surface area contributed by atoms with Gasteiger partial charge in [-0.05, 0) is 18.6 Å². The fourth-order valence-electron chi connectivity index (χ4n) is 1.38. The number of aromatic amines is 1. The van der Waals surface area contributed by atoms with E-state index >= 15 is 0 Å². The fraction of sp³-hybridized carbons (Fsp3) is 0.625.